The van der Waals surface area contributed by atoms with Gasteiger partial charge >= 0.3 is 0 Å². The van der Waals surface area contributed by atoms with Crippen LogP contribution in [-0.4, -0.2) is 33.8 Å². The number of nitrogens with one attached hydrogen (secondary N) is 2. The zero-order valence-electron chi connectivity index (χ0n) is 16.8. The first-order valence-corrected chi connectivity index (χ1v) is 10.0. The molecule has 146 valence electrons. The van der Waals surface area contributed by atoms with Gasteiger partial charge in [-0.15, -0.1) is 10.2 Å². The van der Waals surface area contributed by atoms with Crippen LogP contribution in [0, 0.1) is 12.3 Å². The third-order valence-electron chi connectivity index (χ3n) is 5.39. The van der Waals surface area contributed by atoms with Crippen molar-refractivity contribution in [2.45, 2.75) is 52.5 Å². The fraction of sp³-hybridized carbons (Fsp3) is 0.571. The van der Waals surface area contributed by atoms with Crippen molar-refractivity contribution >= 4 is 5.96 Å². The normalized spacial score (nSPS) is 15.6. The summed E-state index contributed by atoms with van der Waals surface area (Å²) in [6, 6.07) is 10.8. The van der Waals surface area contributed by atoms with Crippen LogP contribution in [0.15, 0.2) is 35.3 Å². The molecular formula is C21H32N6. The Labute approximate surface area is 162 Å². The molecule has 1 aliphatic rings. The SMILES string of the molecule is CCCCNC(=NCc1nnc(C)n1C)NCC1(Cc2ccccc2)CC1. The standard InChI is InChI=1S/C21H32N6/c1-4-5-13-22-20(23-15-19-26-25-17(2)27(19)3)24-16-21(11-12-21)14-18-9-7-6-8-10-18/h6-10H,4-5,11-16H2,1-3H3,(H2,22,23,24). The van der Waals surface area contributed by atoms with Gasteiger partial charge < -0.3 is 15.2 Å². The maximum absolute atomic E-state index is 4.75. The minimum Gasteiger partial charge on any atom is -0.356 e. The molecule has 2 aromatic rings. The second kappa shape index (κ2) is 9.02. The summed E-state index contributed by atoms with van der Waals surface area (Å²) in [5, 5.41) is 15.4. The second-order valence-electron chi connectivity index (χ2n) is 7.68. The van der Waals surface area contributed by atoms with Gasteiger partial charge in [-0.3, -0.25) is 0 Å². The van der Waals surface area contributed by atoms with Gasteiger partial charge in [-0.1, -0.05) is 43.7 Å². The summed E-state index contributed by atoms with van der Waals surface area (Å²) in [5.74, 6) is 2.67. The largest absolute Gasteiger partial charge is 0.356 e. The highest BCUT2D eigenvalue weighted by atomic mass is 15.3. The average molecular weight is 369 g/mol. The van der Waals surface area contributed by atoms with E-state index in [-0.39, 0.29) is 0 Å². The zero-order chi connectivity index (χ0) is 19.1. The van der Waals surface area contributed by atoms with Crippen LogP contribution in [0.5, 0.6) is 0 Å². The average Bonchev–Trinajstić information content (AvgIpc) is 3.37. The number of aliphatic imine (C=N–C) groups is 1. The van der Waals surface area contributed by atoms with Crippen molar-refractivity contribution in [3.8, 4) is 0 Å². The number of hydrogen-bond acceptors (Lipinski definition) is 3. The lowest BCUT2D eigenvalue weighted by Gasteiger charge is -2.19. The molecule has 1 aromatic heterocycles. The molecule has 0 atom stereocenters. The Morgan fingerprint density at radius 3 is 2.59 bits per heavy atom. The van der Waals surface area contributed by atoms with Crippen LogP contribution in [-0.2, 0) is 20.0 Å². The molecular weight excluding hydrogens is 336 g/mol. The Morgan fingerprint density at radius 2 is 1.96 bits per heavy atom. The number of benzene rings is 1. The molecule has 6 nitrogen and oxygen atoms in total. The molecule has 0 bridgehead atoms. The highest BCUT2D eigenvalue weighted by molar-refractivity contribution is 5.79. The van der Waals surface area contributed by atoms with E-state index in [2.05, 4.69) is 58.1 Å². The summed E-state index contributed by atoms with van der Waals surface area (Å²) in [6.45, 7) is 6.58. The van der Waals surface area contributed by atoms with Crippen LogP contribution in [0.2, 0.25) is 0 Å². The Bertz CT molecular complexity index is 745. The summed E-state index contributed by atoms with van der Waals surface area (Å²) in [7, 11) is 1.98. The lowest BCUT2D eigenvalue weighted by Crippen LogP contribution is -2.41. The summed E-state index contributed by atoms with van der Waals surface area (Å²) < 4.78 is 1.99. The number of aryl methyl sites for hydroxylation is 1. The van der Waals surface area contributed by atoms with Gasteiger partial charge in [-0.25, -0.2) is 4.99 Å². The topological polar surface area (TPSA) is 67.1 Å². The van der Waals surface area contributed by atoms with Gasteiger partial charge in [-0.05, 0) is 43.6 Å². The van der Waals surface area contributed by atoms with Crippen molar-refractivity contribution in [2.75, 3.05) is 13.1 Å². The third kappa shape index (κ3) is 5.55. The predicted molar refractivity (Wildman–Crippen MR) is 110 cm³/mol. The molecule has 6 heteroatoms. The van der Waals surface area contributed by atoms with Crippen molar-refractivity contribution in [1.29, 1.82) is 0 Å². The number of unbranched alkanes of at least 4 members (excludes halogenated alkanes) is 1. The van der Waals surface area contributed by atoms with Crippen LogP contribution < -0.4 is 10.6 Å². The van der Waals surface area contributed by atoms with E-state index in [9.17, 15) is 0 Å². The number of nitrogens with zero attached hydrogens (tertiary/aromatic N) is 4. The van der Waals surface area contributed by atoms with Crippen molar-refractivity contribution in [3.05, 3.63) is 47.5 Å². The van der Waals surface area contributed by atoms with Gasteiger partial charge in [0.15, 0.2) is 11.8 Å². The Morgan fingerprint density at radius 1 is 1.19 bits per heavy atom. The Kier molecular flexibility index (Phi) is 6.48. The summed E-state index contributed by atoms with van der Waals surface area (Å²) in [4.78, 5) is 4.75. The smallest absolute Gasteiger partial charge is 0.191 e. The van der Waals surface area contributed by atoms with Crippen molar-refractivity contribution in [2.24, 2.45) is 17.5 Å². The summed E-state index contributed by atoms with van der Waals surface area (Å²) in [6.07, 6.45) is 5.99. The highest BCUT2D eigenvalue weighted by Gasteiger charge is 2.42. The second-order valence-corrected chi connectivity index (χ2v) is 7.68. The fourth-order valence-corrected chi connectivity index (χ4v) is 3.19. The third-order valence-corrected chi connectivity index (χ3v) is 5.39. The van der Waals surface area contributed by atoms with E-state index in [1.165, 1.54) is 24.8 Å². The van der Waals surface area contributed by atoms with Crippen molar-refractivity contribution in [1.82, 2.24) is 25.4 Å². The van der Waals surface area contributed by atoms with Crippen LogP contribution >= 0.6 is 0 Å². The molecule has 27 heavy (non-hydrogen) atoms. The van der Waals surface area contributed by atoms with E-state index in [0.717, 1.165) is 43.5 Å². The molecule has 2 N–H and O–H groups in total. The molecule has 1 heterocycles. The number of hydrogen-bond donors (Lipinski definition) is 2. The summed E-state index contributed by atoms with van der Waals surface area (Å²) >= 11 is 0. The maximum Gasteiger partial charge on any atom is 0.191 e. The van der Waals surface area contributed by atoms with Gasteiger partial charge in [0.25, 0.3) is 0 Å². The molecule has 0 radical (unpaired) electrons. The molecule has 1 aliphatic carbocycles. The minimum absolute atomic E-state index is 0.371. The molecule has 0 aliphatic heterocycles. The van der Waals surface area contributed by atoms with Crippen LogP contribution in [0.4, 0.5) is 0 Å². The zero-order valence-corrected chi connectivity index (χ0v) is 16.8. The first kappa shape index (κ1) is 19.4. The van der Waals surface area contributed by atoms with Gasteiger partial charge in [0, 0.05) is 20.1 Å². The van der Waals surface area contributed by atoms with Crippen LogP contribution in [0.25, 0.3) is 0 Å². The lowest BCUT2D eigenvalue weighted by molar-refractivity contribution is 0.491. The molecule has 3 rings (SSSR count). The molecule has 1 fully saturated rings. The van der Waals surface area contributed by atoms with Gasteiger partial charge in [0.1, 0.15) is 12.4 Å². The monoisotopic (exact) mass is 368 g/mol. The molecule has 0 amide bonds. The molecule has 0 spiro atoms. The Hall–Kier alpha value is -2.37. The maximum atomic E-state index is 4.75. The van der Waals surface area contributed by atoms with Gasteiger partial charge in [0.2, 0.25) is 0 Å². The van der Waals surface area contributed by atoms with E-state index >= 15 is 0 Å². The van der Waals surface area contributed by atoms with Crippen molar-refractivity contribution in [3.63, 3.8) is 0 Å². The van der Waals surface area contributed by atoms with E-state index in [1.54, 1.807) is 0 Å². The van der Waals surface area contributed by atoms with Crippen LogP contribution in [0.1, 0.15) is 49.8 Å². The van der Waals surface area contributed by atoms with E-state index in [4.69, 9.17) is 4.99 Å². The number of guanidine groups is 1. The van der Waals surface area contributed by atoms with Crippen LogP contribution in [0.3, 0.4) is 0 Å². The van der Waals surface area contributed by atoms with E-state index < -0.39 is 0 Å². The molecule has 1 saturated carbocycles. The minimum atomic E-state index is 0.371. The number of rotatable bonds is 9. The van der Waals surface area contributed by atoms with Gasteiger partial charge in [-0.2, -0.15) is 0 Å². The van der Waals surface area contributed by atoms with Crippen molar-refractivity contribution < 1.29 is 0 Å². The predicted octanol–water partition coefficient (Wildman–Crippen LogP) is 2.98. The first-order valence-electron chi connectivity index (χ1n) is 10.0. The summed E-state index contributed by atoms with van der Waals surface area (Å²) in [5.41, 5.74) is 1.79. The first-order chi connectivity index (χ1) is 13.1. The Balaban J connectivity index is 1.59. The molecule has 1 aromatic carbocycles. The fourth-order valence-electron chi connectivity index (χ4n) is 3.19. The quantitative estimate of drug-likeness (QED) is 0.406. The molecule has 0 saturated heterocycles. The van der Waals surface area contributed by atoms with Gasteiger partial charge in [0.05, 0.1) is 0 Å². The molecule has 0 unspecified atom stereocenters. The van der Waals surface area contributed by atoms with E-state index in [0.29, 0.717) is 12.0 Å². The number of aromatic nitrogens is 3. The van der Waals surface area contributed by atoms with E-state index in [1.807, 2.05) is 18.5 Å². The highest BCUT2D eigenvalue weighted by Crippen LogP contribution is 2.47. The lowest BCUT2D eigenvalue weighted by atomic mass is 9.96.